The van der Waals surface area contributed by atoms with Gasteiger partial charge in [0, 0.05) is 19.6 Å². The Balaban J connectivity index is 2.08. The molecule has 1 unspecified atom stereocenters. The van der Waals surface area contributed by atoms with Crippen LogP contribution in [0.1, 0.15) is 12.7 Å². The Morgan fingerprint density at radius 2 is 2.43 bits per heavy atom. The molecule has 5 nitrogen and oxygen atoms in total. The summed E-state index contributed by atoms with van der Waals surface area (Å²) in [6.07, 6.45) is 0. The van der Waals surface area contributed by atoms with Gasteiger partial charge in [-0.15, -0.1) is 0 Å². The van der Waals surface area contributed by atoms with Gasteiger partial charge in [-0.25, -0.2) is 0 Å². The summed E-state index contributed by atoms with van der Waals surface area (Å²) in [5.74, 6) is 1.31. The second-order valence-electron chi connectivity index (χ2n) is 3.88. The highest BCUT2D eigenvalue weighted by Gasteiger charge is 2.18. The predicted molar refractivity (Wildman–Crippen MR) is 53.3 cm³/mol. The lowest BCUT2D eigenvalue weighted by Crippen LogP contribution is -2.29. The molecule has 1 aliphatic heterocycles. The summed E-state index contributed by atoms with van der Waals surface area (Å²) < 4.78 is 5.14. The highest BCUT2D eigenvalue weighted by Crippen LogP contribution is 2.13. The topological polar surface area (TPSA) is 54.2 Å². The number of anilines is 1. The molecule has 0 saturated carbocycles. The SMILES string of the molecule is Cc1noc(N2CCNCC(C)C2)n1. The summed E-state index contributed by atoms with van der Waals surface area (Å²) in [5.41, 5.74) is 0. The molecule has 1 fully saturated rings. The van der Waals surface area contributed by atoms with E-state index in [0.29, 0.717) is 17.8 Å². The molecule has 0 aromatic carbocycles. The quantitative estimate of drug-likeness (QED) is 0.705. The maximum atomic E-state index is 5.14. The standard InChI is InChI=1S/C9H16N4O/c1-7-5-10-3-4-13(6-7)9-11-8(2)12-14-9/h7,10H,3-6H2,1-2H3. The summed E-state index contributed by atoms with van der Waals surface area (Å²) in [7, 11) is 0. The molecule has 0 amide bonds. The second-order valence-corrected chi connectivity index (χ2v) is 3.88. The van der Waals surface area contributed by atoms with Gasteiger partial charge in [0.05, 0.1) is 0 Å². The fourth-order valence-electron chi connectivity index (χ4n) is 1.68. The van der Waals surface area contributed by atoms with Crippen molar-refractivity contribution in [3.05, 3.63) is 5.82 Å². The van der Waals surface area contributed by atoms with Crippen LogP contribution in [-0.4, -0.2) is 36.3 Å². The zero-order chi connectivity index (χ0) is 9.97. The first kappa shape index (κ1) is 9.45. The third-order valence-electron chi connectivity index (χ3n) is 2.37. The third kappa shape index (κ3) is 2.04. The van der Waals surface area contributed by atoms with Gasteiger partial charge in [-0.05, 0) is 19.4 Å². The van der Waals surface area contributed by atoms with E-state index in [0.717, 1.165) is 26.2 Å². The van der Waals surface area contributed by atoms with E-state index in [4.69, 9.17) is 4.52 Å². The number of aromatic nitrogens is 2. The molecular weight excluding hydrogens is 180 g/mol. The van der Waals surface area contributed by atoms with Crippen LogP contribution in [0.3, 0.4) is 0 Å². The Labute approximate surface area is 83.5 Å². The lowest BCUT2D eigenvalue weighted by atomic mass is 10.2. The van der Waals surface area contributed by atoms with Crippen LogP contribution in [0.4, 0.5) is 6.01 Å². The van der Waals surface area contributed by atoms with Crippen LogP contribution in [0, 0.1) is 12.8 Å². The first-order valence-corrected chi connectivity index (χ1v) is 5.01. The number of nitrogens with one attached hydrogen (secondary N) is 1. The van der Waals surface area contributed by atoms with Crippen molar-refractivity contribution in [3.8, 4) is 0 Å². The van der Waals surface area contributed by atoms with Gasteiger partial charge < -0.3 is 14.7 Å². The first-order valence-electron chi connectivity index (χ1n) is 5.01. The van der Waals surface area contributed by atoms with Gasteiger partial charge in [0.15, 0.2) is 5.82 Å². The minimum atomic E-state index is 0.615. The zero-order valence-corrected chi connectivity index (χ0v) is 8.66. The van der Waals surface area contributed by atoms with Crippen LogP contribution in [0.2, 0.25) is 0 Å². The molecule has 2 rings (SSSR count). The van der Waals surface area contributed by atoms with E-state index in [-0.39, 0.29) is 0 Å². The molecule has 5 heteroatoms. The number of rotatable bonds is 1. The summed E-state index contributed by atoms with van der Waals surface area (Å²) in [4.78, 5) is 6.37. The van der Waals surface area contributed by atoms with Gasteiger partial charge in [-0.3, -0.25) is 0 Å². The first-order chi connectivity index (χ1) is 6.75. The van der Waals surface area contributed by atoms with Crippen molar-refractivity contribution in [1.82, 2.24) is 15.5 Å². The minimum absolute atomic E-state index is 0.615. The Morgan fingerprint density at radius 1 is 1.57 bits per heavy atom. The van der Waals surface area contributed by atoms with E-state index in [1.165, 1.54) is 0 Å². The van der Waals surface area contributed by atoms with E-state index >= 15 is 0 Å². The number of hydrogen-bond donors (Lipinski definition) is 1. The second kappa shape index (κ2) is 3.96. The van der Waals surface area contributed by atoms with Gasteiger partial charge in [0.1, 0.15) is 0 Å². The molecule has 1 atom stereocenters. The van der Waals surface area contributed by atoms with E-state index in [1.54, 1.807) is 0 Å². The Hall–Kier alpha value is -1.10. The molecule has 78 valence electrons. The van der Waals surface area contributed by atoms with Crippen molar-refractivity contribution in [2.24, 2.45) is 5.92 Å². The summed E-state index contributed by atoms with van der Waals surface area (Å²) in [6.45, 7) is 8.01. The molecule has 1 N–H and O–H groups in total. The van der Waals surface area contributed by atoms with E-state index in [9.17, 15) is 0 Å². The monoisotopic (exact) mass is 196 g/mol. The highest BCUT2D eigenvalue weighted by atomic mass is 16.5. The third-order valence-corrected chi connectivity index (χ3v) is 2.37. The molecule has 0 aliphatic carbocycles. The lowest BCUT2D eigenvalue weighted by Gasteiger charge is -2.18. The van der Waals surface area contributed by atoms with Crippen LogP contribution in [0.25, 0.3) is 0 Å². The highest BCUT2D eigenvalue weighted by molar-refractivity contribution is 5.25. The molecule has 14 heavy (non-hydrogen) atoms. The van der Waals surface area contributed by atoms with Crippen LogP contribution >= 0.6 is 0 Å². The van der Waals surface area contributed by atoms with Crippen molar-refractivity contribution in [3.63, 3.8) is 0 Å². The smallest absolute Gasteiger partial charge is 0.323 e. The van der Waals surface area contributed by atoms with Crippen molar-refractivity contribution < 1.29 is 4.52 Å². The molecule has 0 radical (unpaired) electrons. The van der Waals surface area contributed by atoms with Crippen LogP contribution < -0.4 is 10.2 Å². The largest absolute Gasteiger partial charge is 0.324 e. The molecule has 1 saturated heterocycles. The molecule has 0 spiro atoms. The minimum Gasteiger partial charge on any atom is -0.323 e. The summed E-state index contributed by atoms with van der Waals surface area (Å²) >= 11 is 0. The van der Waals surface area contributed by atoms with Crippen molar-refractivity contribution in [2.75, 3.05) is 31.1 Å². The van der Waals surface area contributed by atoms with Gasteiger partial charge >= 0.3 is 6.01 Å². The molecule has 2 heterocycles. The van der Waals surface area contributed by atoms with Crippen LogP contribution in [0.15, 0.2) is 4.52 Å². The summed E-state index contributed by atoms with van der Waals surface area (Å²) in [5, 5.41) is 7.17. The van der Waals surface area contributed by atoms with Gasteiger partial charge in [0.25, 0.3) is 0 Å². The molecular formula is C9H16N4O. The lowest BCUT2D eigenvalue weighted by molar-refractivity contribution is 0.405. The Morgan fingerprint density at radius 3 is 3.14 bits per heavy atom. The van der Waals surface area contributed by atoms with E-state index < -0.39 is 0 Å². The van der Waals surface area contributed by atoms with Gasteiger partial charge in [-0.1, -0.05) is 12.1 Å². The fourth-order valence-corrected chi connectivity index (χ4v) is 1.68. The number of hydrogen-bond acceptors (Lipinski definition) is 5. The van der Waals surface area contributed by atoms with E-state index in [1.807, 2.05) is 6.92 Å². The van der Waals surface area contributed by atoms with Crippen LogP contribution in [-0.2, 0) is 0 Å². The van der Waals surface area contributed by atoms with Gasteiger partial charge in [-0.2, -0.15) is 4.98 Å². The number of nitrogens with zero attached hydrogens (tertiary/aromatic N) is 3. The van der Waals surface area contributed by atoms with E-state index in [2.05, 4.69) is 27.3 Å². The average molecular weight is 196 g/mol. The molecule has 1 aromatic heterocycles. The fraction of sp³-hybridized carbons (Fsp3) is 0.778. The van der Waals surface area contributed by atoms with Crippen molar-refractivity contribution in [2.45, 2.75) is 13.8 Å². The Kier molecular flexibility index (Phi) is 2.67. The van der Waals surface area contributed by atoms with Crippen molar-refractivity contribution in [1.29, 1.82) is 0 Å². The zero-order valence-electron chi connectivity index (χ0n) is 8.66. The number of aryl methyl sites for hydroxylation is 1. The average Bonchev–Trinajstić information content (AvgIpc) is 2.45. The molecule has 1 aliphatic rings. The molecule has 0 bridgehead atoms. The Bertz CT molecular complexity index is 299. The van der Waals surface area contributed by atoms with Crippen molar-refractivity contribution >= 4 is 6.01 Å². The maximum absolute atomic E-state index is 5.14. The molecule has 1 aromatic rings. The maximum Gasteiger partial charge on any atom is 0.324 e. The predicted octanol–water partition coefficient (Wildman–Crippen LogP) is 0.424. The van der Waals surface area contributed by atoms with Crippen LogP contribution in [0.5, 0.6) is 0 Å². The van der Waals surface area contributed by atoms with Gasteiger partial charge in [0.2, 0.25) is 0 Å². The normalized spacial score (nSPS) is 23.6. The summed E-state index contributed by atoms with van der Waals surface area (Å²) in [6, 6.07) is 0.651.